The molecule has 0 unspecified atom stereocenters. The van der Waals surface area contributed by atoms with Crippen LogP contribution < -0.4 is 16.2 Å². The molecule has 3 N–H and O–H groups in total. The average Bonchev–Trinajstić information content (AvgIpc) is 2.85. The van der Waals surface area contributed by atoms with Crippen molar-refractivity contribution in [3.05, 3.63) is 113 Å². The Balaban J connectivity index is 1.48. The highest BCUT2D eigenvalue weighted by molar-refractivity contribution is 6.00. The van der Waals surface area contributed by atoms with Gasteiger partial charge in [-0.1, -0.05) is 42.5 Å². The number of carboxylic acid groups (broad SMARTS) is 1. The molecular weight excluding hydrogens is 442 g/mol. The highest BCUT2D eigenvalue weighted by Crippen LogP contribution is 2.20. The Morgan fingerprint density at radius 3 is 2.26 bits per heavy atom. The maximum atomic E-state index is 13.2. The molecule has 1 aromatic heterocycles. The lowest BCUT2D eigenvalue weighted by Gasteiger charge is -2.11. The maximum absolute atomic E-state index is 13.2. The van der Waals surface area contributed by atoms with E-state index in [1.54, 1.807) is 47.2 Å². The lowest BCUT2D eigenvalue weighted by molar-refractivity contribution is -0.136. The molecule has 4 rings (SSSR count). The maximum Gasteiger partial charge on any atom is 0.323 e. The van der Waals surface area contributed by atoms with Crippen LogP contribution in [0.15, 0.2) is 95.9 Å². The lowest BCUT2D eigenvalue weighted by Crippen LogP contribution is -2.20. The smallest absolute Gasteiger partial charge is 0.323 e. The third kappa shape index (κ3) is 5.83. The van der Waals surface area contributed by atoms with Crippen molar-refractivity contribution in [3.63, 3.8) is 0 Å². The first-order valence-corrected chi connectivity index (χ1v) is 11.2. The molecule has 176 valence electrons. The van der Waals surface area contributed by atoms with E-state index in [0.717, 1.165) is 22.4 Å². The number of aliphatic carboxylic acids is 1. The predicted molar refractivity (Wildman–Crippen MR) is 137 cm³/mol. The van der Waals surface area contributed by atoms with Crippen LogP contribution in [0.5, 0.6) is 0 Å². The number of carbonyl (C=O) groups is 2. The topological polar surface area (TPSA) is 100 Å². The zero-order chi connectivity index (χ0) is 24.8. The van der Waals surface area contributed by atoms with Crippen LogP contribution in [0.2, 0.25) is 0 Å². The zero-order valence-electron chi connectivity index (χ0n) is 19.2. The summed E-state index contributed by atoms with van der Waals surface area (Å²) in [7, 11) is 0. The molecule has 7 nitrogen and oxygen atoms in total. The summed E-state index contributed by atoms with van der Waals surface area (Å²) in [6.07, 6.45) is 2.20. The molecule has 4 aromatic rings. The van der Waals surface area contributed by atoms with Gasteiger partial charge in [-0.05, 0) is 72.5 Å². The fraction of sp³-hybridized carbons (Fsp3) is 0.107. The second-order valence-corrected chi connectivity index (χ2v) is 8.13. The van der Waals surface area contributed by atoms with E-state index in [0.29, 0.717) is 23.4 Å². The van der Waals surface area contributed by atoms with E-state index in [9.17, 15) is 14.4 Å². The van der Waals surface area contributed by atoms with Crippen LogP contribution in [0.1, 0.15) is 17.5 Å². The third-order valence-electron chi connectivity index (χ3n) is 5.64. The summed E-state index contributed by atoms with van der Waals surface area (Å²) >= 11 is 0. The number of anilines is 2. The Bertz CT molecular complexity index is 1410. The van der Waals surface area contributed by atoms with Gasteiger partial charge in [-0.15, -0.1) is 0 Å². The molecule has 0 radical (unpaired) electrons. The van der Waals surface area contributed by atoms with E-state index < -0.39 is 5.97 Å². The van der Waals surface area contributed by atoms with Gasteiger partial charge in [0.1, 0.15) is 0 Å². The number of carbonyl (C=O) groups excluding carboxylic acids is 1. The number of benzene rings is 3. The molecule has 35 heavy (non-hydrogen) atoms. The number of nitrogens with zero attached hydrogens (tertiary/aromatic N) is 1. The number of amides is 2. The number of pyridine rings is 1. The second-order valence-electron chi connectivity index (χ2n) is 8.13. The van der Waals surface area contributed by atoms with Crippen LogP contribution in [-0.4, -0.2) is 21.7 Å². The van der Waals surface area contributed by atoms with Crippen molar-refractivity contribution >= 4 is 23.4 Å². The van der Waals surface area contributed by atoms with Crippen molar-refractivity contribution in [2.24, 2.45) is 0 Å². The van der Waals surface area contributed by atoms with Crippen LogP contribution in [0.3, 0.4) is 0 Å². The van der Waals surface area contributed by atoms with Gasteiger partial charge in [0.05, 0.1) is 0 Å². The molecule has 0 aliphatic heterocycles. The number of aromatic nitrogens is 1. The molecule has 0 saturated carbocycles. The van der Waals surface area contributed by atoms with Gasteiger partial charge in [-0.25, -0.2) is 4.79 Å². The summed E-state index contributed by atoms with van der Waals surface area (Å²) in [5.74, 6) is -0.842. The Hall–Kier alpha value is -4.65. The number of urea groups is 1. The molecule has 0 fully saturated rings. The van der Waals surface area contributed by atoms with Gasteiger partial charge in [0.15, 0.2) is 0 Å². The summed E-state index contributed by atoms with van der Waals surface area (Å²) in [6.45, 7) is 1.92. The minimum absolute atomic E-state index is 0.0627. The molecule has 7 heteroatoms. The fourth-order valence-corrected chi connectivity index (χ4v) is 3.72. The van der Waals surface area contributed by atoms with E-state index in [4.69, 9.17) is 5.11 Å². The van der Waals surface area contributed by atoms with Gasteiger partial charge in [0.2, 0.25) is 0 Å². The highest BCUT2D eigenvalue weighted by Gasteiger charge is 2.09. The lowest BCUT2D eigenvalue weighted by atomic mass is 10.1. The van der Waals surface area contributed by atoms with Crippen molar-refractivity contribution in [1.82, 2.24) is 4.57 Å². The Labute approximate surface area is 202 Å². The third-order valence-corrected chi connectivity index (χ3v) is 5.64. The van der Waals surface area contributed by atoms with Crippen molar-refractivity contribution < 1.29 is 14.7 Å². The van der Waals surface area contributed by atoms with Gasteiger partial charge < -0.3 is 15.7 Å². The standard InChI is InChI=1S/C28H25N3O4/c1-19-5-2-3-7-25(19)30-28(35)29-22-13-11-21(12-14-22)24-6-4-18-31(27(24)34)23-15-8-20(9-16-23)10-17-26(32)33/h2-9,11-16,18H,10,17H2,1H3,(H,32,33)(H2,29,30,35). The van der Waals surface area contributed by atoms with Gasteiger partial charge in [-0.3, -0.25) is 14.2 Å². The zero-order valence-corrected chi connectivity index (χ0v) is 19.2. The molecule has 1 heterocycles. The fourth-order valence-electron chi connectivity index (χ4n) is 3.72. The summed E-state index contributed by atoms with van der Waals surface area (Å²) in [5.41, 5.74) is 4.98. The number of para-hydroxylation sites is 1. The van der Waals surface area contributed by atoms with Crippen molar-refractivity contribution in [2.75, 3.05) is 10.6 Å². The van der Waals surface area contributed by atoms with E-state index in [2.05, 4.69) is 10.6 Å². The monoisotopic (exact) mass is 467 g/mol. The molecular formula is C28H25N3O4. The molecule has 0 spiro atoms. The highest BCUT2D eigenvalue weighted by atomic mass is 16.4. The van der Waals surface area contributed by atoms with Crippen LogP contribution >= 0.6 is 0 Å². The van der Waals surface area contributed by atoms with Gasteiger partial charge in [-0.2, -0.15) is 0 Å². The van der Waals surface area contributed by atoms with Crippen molar-refractivity contribution in [3.8, 4) is 16.8 Å². The Kier molecular flexibility index (Phi) is 7.07. The number of hydrogen-bond donors (Lipinski definition) is 3. The number of carboxylic acids is 1. The first kappa shape index (κ1) is 23.5. The van der Waals surface area contributed by atoms with Crippen molar-refractivity contribution in [1.29, 1.82) is 0 Å². The Morgan fingerprint density at radius 1 is 0.857 bits per heavy atom. The minimum atomic E-state index is -0.842. The van der Waals surface area contributed by atoms with Gasteiger partial charge in [0.25, 0.3) is 5.56 Å². The average molecular weight is 468 g/mol. The van der Waals surface area contributed by atoms with Crippen LogP contribution in [0.25, 0.3) is 16.8 Å². The van der Waals surface area contributed by atoms with Gasteiger partial charge in [0, 0.05) is 35.2 Å². The molecule has 0 bridgehead atoms. The summed E-state index contributed by atoms with van der Waals surface area (Å²) in [6, 6.07) is 25.1. The van der Waals surface area contributed by atoms with E-state index in [-0.39, 0.29) is 18.0 Å². The van der Waals surface area contributed by atoms with Gasteiger partial charge >= 0.3 is 12.0 Å². The number of rotatable bonds is 7. The summed E-state index contributed by atoms with van der Waals surface area (Å²) in [4.78, 5) is 36.3. The first-order chi connectivity index (χ1) is 16.9. The van der Waals surface area contributed by atoms with Crippen LogP contribution in [0, 0.1) is 6.92 Å². The summed E-state index contributed by atoms with van der Waals surface area (Å²) in [5, 5.41) is 14.5. The number of nitrogens with one attached hydrogen (secondary N) is 2. The molecule has 3 aromatic carbocycles. The van der Waals surface area contributed by atoms with Crippen LogP contribution in [0.4, 0.5) is 16.2 Å². The number of hydrogen-bond acceptors (Lipinski definition) is 3. The van der Waals surface area contributed by atoms with Crippen molar-refractivity contribution in [2.45, 2.75) is 19.8 Å². The molecule has 0 aliphatic rings. The molecule has 0 atom stereocenters. The molecule has 0 saturated heterocycles. The second kappa shape index (κ2) is 10.5. The SMILES string of the molecule is Cc1ccccc1NC(=O)Nc1ccc(-c2cccn(-c3ccc(CCC(=O)O)cc3)c2=O)cc1. The minimum Gasteiger partial charge on any atom is -0.481 e. The van der Waals surface area contributed by atoms with E-state index in [1.807, 2.05) is 55.5 Å². The Morgan fingerprint density at radius 2 is 1.57 bits per heavy atom. The quantitative estimate of drug-likeness (QED) is 0.335. The molecule has 0 aliphatic carbocycles. The van der Waals surface area contributed by atoms with E-state index in [1.165, 1.54) is 0 Å². The predicted octanol–water partition coefficient (Wildman–Crippen LogP) is 5.47. The summed E-state index contributed by atoms with van der Waals surface area (Å²) < 4.78 is 1.55. The van der Waals surface area contributed by atoms with Crippen LogP contribution in [-0.2, 0) is 11.2 Å². The number of aryl methyl sites for hydroxylation is 2. The first-order valence-electron chi connectivity index (χ1n) is 11.2. The normalized spacial score (nSPS) is 10.5. The molecule has 2 amide bonds. The largest absolute Gasteiger partial charge is 0.481 e. The van der Waals surface area contributed by atoms with E-state index >= 15 is 0 Å².